The molecular weight excluding hydrogens is 221 g/mol. The highest BCUT2D eigenvalue weighted by Gasteiger charge is 2.00. The van der Waals surface area contributed by atoms with Crippen LogP contribution in [-0.4, -0.2) is 25.7 Å². The Labute approximate surface area is 101 Å². The minimum Gasteiger partial charge on any atom is -0.372 e. The normalized spacial score (nSPS) is 10.2. The van der Waals surface area contributed by atoms with Gasteiger partial charge in [-0.1, -0.05) is 19.1 Å². The number of carbonyl (C=O) groups is 1. The molecule has 0 aromatic heterocycles. The first kappa shape index (κ1) is 13.6. The minimum absolute atomic E-state index is 0.108. The van der Waals surface area contributed by atoms with Crippen molar-refractivity contribution in [1.82, 2.24) is 5.32 Å². The van der Waals surface area contributed by atoms with Gasteiger partial charge < -0.3 is 10.1 Å². The summed E-state index contributed by atoms with van der Waals surface area (Å²) >= 11 is 0. The van der Waals surface area contributed by atoms with Crippen molar-refractivity contribution in [1.29, 1.82) is 0 Å². The van der Waals surface area contributed by atoms with Gasteiger partial charge in [-0.05, 0) is 30.5 Å². The van der Waals surface area contributed by atoms with Crippen LogP contribution in [-0.2, 0) is 16.0 Å². The molecule has 0 radical (unpaired) electrons. The third-order valence-corrected chi connectivity index (χ3v) is 2.23. The van der Waals surface area contributed by atoms with E-state index >= 15 is 0 Å². The van der Waals surface area contributed by atoms with Crippen LogP contribution in [0.1, 0.15) is 18.9 Å². The fraction of sp³-hybridized carbons (Fsp3) is 0.462. The van der Waals surface area contributed by atoms with Gasteiger partial charge in [-0.15, -0.1) is 0 Å². The van der Waals surface area contributed by atoms with E-state index in [4.69, 9.17) is 4.74 Å². The van der Waals surface area contributed by atoms with Crippen LogP contribution in [0.25, 0.3) is 0 Å². The molecular formula is C13H18FNO2. The quantitative estimate of drug-likeness (QED) is 0.738. The number of hydrogen-bond donors (Lipinski definition) is 1. The van der Waals surface area contributed by atoms with Crippen molar-refractivity contribution in [2.24, 2.45) is 0 Å². The Balaban J connectivity index is 2.14. The zero-order valence-electron chi connectivity index (χ0n) is 10.0. The highest BCUT2D eigenvalue weighted by atomic mass is 19.1. The third-order valence-electron chi connectivity index (χ3n) is 2.23. The Morgan fingerprint density at radius 3 is 2.71 bits per heavy atom. The summed E-state index contributed by atoms with van der Waals surface area (Å²) in [5, 5.41) is 2.75. The monoisotopic (exact) mass is 239 g/mol. The van der Waals surface area contributed by atoms with Crippen LogP contribution in [0.5, 0.6) is 0 Å². The molecule has 0 aliphatic carbocycles. The maximum atomic E-state index is 12.6. The van der Waals surface area contributed by atoms with Crippen molar-refractivity contribution in [3.8, 4) is 0 Å². The van der Waals surface area contributed by atoms with Crippen molar-refractivity contribution in [2.75, 3.05) is 19.8 Å². The van der Waals surface area contributed by atoms with Crippen molar-refractivity contribution >= 4 is 5.91 Å². The van der Waals surface area contributed by atoms with Gasteiger partial charge in [0.25, 0.3) is 0 Å². The lowest BCUT2D eigenvalue weighted by Crippen LogP contribution is -2.29. The molecule has 0 heterocycles. The molecule has 1 aromatic rings. The highest BCUT2D eigenvalue weighted by molar-refractivity contribution is 5.77. The molecule has 1 aromatic carbocycles. The Morgan fingerprint density at radius 1 is 1.35 bits per heavy atom. The molecule has 17 heavy (non-hydrogen) atoms. The predicted octanol–water partition coefficient (Wildman–Crippen LogP) is 1.91. The van der Waals surface area contributed by atoms with Crippen LogP contribution in [0, 0.1) is 5.82 Å². The lowest BCUT2D eigenvalue weighted by Gasteiger charge is -2.05. The third kappa shape index (κ3) is 6.02. The molecule has 0 unspecified atom stereocenters. The Kier molecular flexibility index (Phi) is 6.25. The van der Waals surface area contributed by atoms with Crippen LogP contribution in [0.3, 0.4) is 0 Å². The van der Waals surface area contributed by atoms with E-state index in [9.17, 15) is 9.18 Å². The van der Waals surface area contributed by atoms with Gasteiger partial charge in [0.2, 0.25) is 5.91 Å². The van der Waals surface area contributed by atoms with Crippen LogP contribution >= 0.6 is 0 Å². The standard InChI is InChI=1S/C13H18FNO2/c1-2-9-17-10-13(16)15-8-7-11-3-5-12(14)6-4-11/h3-6H,2,7-10H2,1H3,(H,15,16). The molecule has 0 bridgehead atoms. The molecule has 1 rings (SSSR count). The van der Waals surface area contributed by atoms with Crippen LogP contribution in [0.15, 0.2) is 24.3 Å². The average Bonchev–Trinajstić information content (AvgIpc) is 2.32. The van der Waals surface area contributed by atoms with E-state index in [2.05, 4.69) is 5.32 Å². The number of carbonyl (C=O) groups excluding carboxylic acids is 1. The van der Waals surface area contributed by atoms with Crippen molar-refractivity contribution in [2.45, 2.75) is 19.8 Å². The van der Waals surface area contributed by atoms with Crippen molar-refractivity contribution in [3.63, 3.8) is 0 Å². The summed E-state index contributed by atoms with van der Waals surface area (Å²) < 4.78 is 17.7. The number of halogens is 1. The zero-order chi connectivity index (χ0) is 12.5. The molecule has 4 heteroatoms. The maximum absolute atomic E-state index is 12.6. The van der Waals surface area contributed by atoms with Gasteiger partial charge in [-0.2, -0.15) is 0 Å². The second kappa shape index (κ2) is 7.79. The van der Waals surface area contributed by atoms with E-state index in [-0.39, 0.29) is 18.3 Å². The highest BCUT2D eigenvalue weighted by Crippen LogP contribution is 2.02. The number of rotatable bonds is 7. The van der Waals surface area contributed by atoms with Crippen LogP contribution < -0.4 is 5.32 Å². The van der Waals surface area contributed by atoms with Gasteiger partial charge in [-0.25, -0.2) is 4.39 Å². The number of amides is 1. The molecule has 1 amide bonds. The van der Waals surface area contributed by atoms with Gasteiger partial charge in [0.15, 0.2) is 0 Å². The molecule has 0 atom stereocenters. The first-order valence-corrected chi connectivity index (χ1v) is 5.81. The zero-order valence-corrected chi connectivity index (χ0v) is 10.0. The summed E-state index contributed by atoms with van der Waals surface area (Å²) in [6, 6.07) is 6.27. The number of nitrogens with one attached hydrogen (secondary N) is 1. The molecule has 0 saturated carbocycles. The fourth-order valence-corrected chi connectivity index (χ4v) is 1.36. The predicted molar refractivity (Wildman–Crippen MR) is 64.2 cm³/mol. The van der Waals surface area contributed by atoms with Gasteiger partial charge in [0, 0.05) is 13.2 Å². The van der Waals surface area contributed by atoms with Gasteiger partial charge in [0.05, 0.1) is 0 Å². The molecule has 0 saturated heterocycles. The minimum atomic E-state index is -0.245. The van der Waals surface area contributed by atoms with Crippen molar-refractivity contribution in [3.05, 3.63) is 35.6 Å². The van der Waals surface area contributed by atoms with Crippen LogP contribution in [0.2, 0.25) is 0 Å². The van der Waals surface area contributed by atoms with E-state index in [1.807, 2.05) is 6.92 Å². The SMILES string of the molecule is CCCOCC(=O)NCCc1ccc(F)cc1. The van der Waals surface area contributed by atoms with Crippen LogP contribution in [0.4, 0.5) is 4.39 Å². The van der Waals surface area contributed by atoms with E-state index < -0.39 is 0 Å². The molecule has 94 valence electrons. The summed E-state index contributed by atoms with van der Waals surface area (Å²) in [6.07, 6.45) is 1.60. The van der Waals surface area contributed by atoms with E-state index in [1.165, 1.54) is 12.1 Å². The molecule has 0 aliphatic rings. The summed E-state index contributed by atoms with van der Waals surface area (Å²) in [7, 11) is 0. The Bertz CT molecular complexity index is 338. The number of hydrogen-bond acceptors (Lipinski definition) is 2. The smallest absolute Gasteiger partial charge is 0.246 e. The molecule has 1 N–H and O–H groups in total. The maximum Gasteiger partial charge on any atom is 0.246 e. The summed E-state index contributed by atoms with van der Waals surface area (Å²) in [5.41, 5.74) is 1.00. The average molecular weight is 239 g/mol. The number of ether oxygens (including phenoxy) is 1. The molecule has 3 nitrogen and oxygen atoms in total. The number of benzene rings is 1. The molecule has 0 spiro atoms. The largest absolute Gasteiger partial charge is 0.372 e. The first-order valence-electron chi connectivity index (χ1n) is 5.81. The van der Waals surface area contributed by atoms with E-state index in [0.717, 1.165) is 12.0 Å². The van der Waals surface area contributed by atoms with Gasteiger partial charge in [-0.3, -0.25) is 4.79 Å². The van der Waals surface area contributed by atoms with E-state index in [1.54, 1.807) is 12.1 Å². The Hall–Kier alpha value is -1.42. The molecule has 0 aliphatic heterocycles. The molecule has 0 fully saturated rings. The lowest BCUT2D eigenvalue weighted by molar-refractivity contribution is -0.125. The van der Waals surface area contributed by atoms with E-state index in [0.29, 0.717) is 19.6 Å². The second-order valence-corrected chi connectivity index (χ2v) is 3.78. The second-order valence-electron chi connectivity index (χ2n) is 3.78. The fourth-order valence-electron chi connectivity index (χ4n) is 1.36. The van der Waals surface area contributed by atoms with Crippen molar-refractivity contribution < 1.29 is 13.9 Å². The van der Waals surface area contributed by atoms with Gasteiger partial charge >= 0.3 is 0 Å². The topological polar surface area (TPSA) is 38.3 Å². The Morgan fingerprint density at radius 2 is 2.06 bits per heavy atom. The summed E-state index contributed by atoms with van der Waals surface area (Å²) in [6.45, 7) is 3.25. The lowest BCUT2D eigenvalue weighted by atomic mass is 10.1. The summed E-state index contributed by atoms with van der Waals surface area (Å²) in [5.74, 6) is -0.355. The summed E-state index contributed by atoms with van der Waals surface area (Å²) in [4.78, 5) is 11.3. The first-order chi connectivity index (χ1) is 8.22. The van der Waals surface area contributed by atoms with Gasteiger partial charge in [0.1, 0.15) is 12.4 Å².